The van der Waals surface area contributed by atoms with E-state index in [2.05, 4.69) is 22.2 Å². The summed E-state index contributed by atoms with van der Waals surface area (Å²) in [6.45, 7) is 2.18. The summed E-state index contributed by atoms with van der Waals surface area (Å²) in [4.78, 5) is 20.9. The van der Waals surface area contributed by atoms with E-state index in [9.17, 15) is 4.79 Å². The number of aromatic nitrogens is 2. The summed E-state index contributed by atoms with van der Waals surface area (Å²) in [6.07, 6.45) is 7.04. The van der Waals surface area contributed by atoms with Crippen molar-refractivity contribution in [3.8, 4) is 0 Å². The van der Waals surface area contributed by atoms with Gasteiger partial charge in [-0.2, -0.15) is 0 Å². The van der Waals surface area contributed by atoms with Gasteiger partial charge < -0.3 is 5.32 Å². The minimum absolute atomic E-state index is 0.119. The first-order valence-corrected chi connectivity index (χ1v) is 10.2. The summed E-state index contributed by atoms with van der Waals surface area (Å²) in [5.41, 5.74) is 0.961. The predicted molar refractivity (Wildman–Crippen MR) is 94.7 cm³/mol. The van der Waals surface area contributed by atoms with Gasteiger partial charge in [0, 0.05) is 6.04 Å². The molecular formula is C17H21N3OS2. The van der Waals surface area contributed by atoms with Crippen molar-refractivity contribution in [3.63, 3.8) is 0 Å². The Morgan fingerprint density at radius 3 is 3.13 bits per heavy atom. The van der Waals surface area contributed by atoms with Gasteiger partial charge in [0.2, 0.25) is 5.91 Å². The molecule has 1 amide bonds. The van der Waals surface area contributed by atoms with Gasteiger partial charge in [-0.15, -0.1) is 11.3 Å². The first kappa shape index (κ1) is 15.4. The SMILES string of the molecule is CC(NC(=O)CSc1ncnc2ccsc12)C1CC2CCC1C2. The Kier molecular flexibility index (Phi) is 4.28. The number of fused-ring (bicyclic) bond motifs is 3. The van der Waals surface area contributed by atoms with Gasteiger partial charge in [0.25, 0.3) is 0 Å². The Bertz CT molecular complexity index is 717. The highest BCUT2D eigenvalue weighted by molar-refractivity contribution is 8.00. The third kappa shape index (κ3) is 3.11. The highest BCUT2D eigenvalue weighted by Crippen LogP contribution is 2.49. The predicted octanol–water partition coefficient (Wildman–Crippen LogP) is 3.72. The summed E-state index contributed by atoms with van der Waals surface area (Å²) < 4.78 is 1.08. The summed E-state index contributed by atoms with van der Waals surface area (Å²) in [5, 5.41) is 6.14. The lowest BCUT2D eigenvalue weighted by molar-refractivity contribution is -0.119. The van der Waals surface area contributed by atoms with Crippen LogP contribution in [-0.2, 0) is 4.79 Å². The molecule has 0 spiro atoms. The van der Waals surface area contributed by atoms with E-state index in [1.807, 2.05) is 11.4 Å². The molecule has 2 aliphatic carbocycles. The zero-order valence-electron chi connectivity index (χ0n) is 13.2. The number of nitrogens with one attached hydrogen (secondary N) is 1. The third-order valence-corrected chi connectivity index (χ3v) is 7.40. The minimum Gasteiger partial charge on any atom is -0.353 e. The van der Waals surface area contributed by atoms with E-state index in [-0.39, 0.29) is 5.91 Å². The van der Waals surface area contributed by atoms with Crippen LogP contribution in [0, 0.1) is 17.8 Å². The van der Waals surface area contributed by atoms with Crippen LogP contribution in [0.3, 0.4) is 0 Å². The molecule has 4 atom stereocenters. The van der Waals surface area contributed by atoms with Crippen LogP contribution in [0.15, 0.2) is 22.8 Å². The Labute approximate surface area is 144 Å². The quantitative estimate of drug-likeness (QED) is 0.661. The molecule has 4 nitrogen and oxygen atoms in total. The van der Waals surface area contributed by atoms with Gasteiger partial charge in [0.05, 0.1) is 16.0 Å². The maximum Gasteiger partial charge on any atom is 0.230 e. The number of carbonyl (C=O) groups is 1. The normalized spacial score (nSPS) is 27.4. The van der Waals surface area contributed by atoms with Crippen LogP contribution in [0.2, 0.25) is 0 Å². The molecule has 6 heteroatoms. The third-order valence-electron chi connectivity index (χ3n) is 5.37. The van der Waals surface area contributed by atoms with E-state index >= 15 is 0 Å². The molecule has 4 unspecified atom stereocenters. The monoisotopic (exact) mass is 347 g/mol. The molecule has 122 valence electrons. The van der Waals surface area contributed by atoms with Gasteiger partial charge in [-0.05, 0) is 55.4 Å². The number of nitrogens with zero attached hydrogens (tertiary/aromatic N) is 2. The molecule has 0 aromatic carbocycles. The minimum atomic E-state index is 0.119. The Balaban J connectivity index is 1.32. The summed E-state index contributed by atoms with van der Waals surface area (Å²) in [6, 6.07) is 2.29. The first-order chi connectivity index (χ1) is 11.2. The fourth-order valence-corrected chi connectivity index (χ4v) is 6.07. The Morgan fingerprint density at radius 2 is 2.35 bits per heavy atom. The second-order valence-electron chi connectivity index (χ2n) is 6.80. The lowest BCUT2D eigenvalue weighted by Crippen LogP contribution is -2.40. The number of carbonyl (C=O) groups excluding carboxylic acids is 1. The van der Waals surface area contributed by atoms with E-state index in [4.69, 9.17) is 0 Å². The largest absolute Gasteiger partial charge is 0.353 e. The van der Waals surface area contributed by atoms with Crippen LogP contribution >= 0.6 is 23.1 Å². The van der Waals surface area contributed by atoms with Crippen molar-refractivity contribution in [1.29, 1.82) is 0 Å². The van der Waals surface area contributed by atoms with Crippen LogP contribution in [0.25, 0.3) is 10.2 Å². The molecule has 0 radical (unpaired) electrons. The molecule has 2 aromatic rings. The van der Waals surface area contributed by atoms with Crippen LogP contribution in [0.4, 0.5) is 0 Å². The molecule has 23 heavy (non-hydrogen) atoms. The number of hydrogen-bond donors (Lipinski definition) is 1. The van der Waals surface area contributed by atoms with Gasteiger partial charge >= 0.3 is 0 Å². The summed E-state index contributed by atoms with van der Waals surface area (Å²) in [7, 11) is 0. The van der Waals surface area contributed by atoms with Crippen molar-refractivity contribution in [2.24, 2.45) is 17.8 Å². The molecular weight excluding hydrogens is 326 g/mol. The van der Waals surface area contributed by atoms with Crippen molar-refractivity contribution in [3.05, 3.63) is 17.8 Å². The molecule has 2 heterocycles. The molecule has 2 bridgehead atoms. The number of thioether (sulfide) groups is 1. The smallest absolute Gasteiger partial charge is 0.230 e. The number of amides is 1. The number of thiophene rings is 1. The Morgan fingerprint density at radius 1 is 1.43 bits per heavy atom. The van der Waals surface area contributed by atoms with E-state index in [0.29, 0.717) is 17.7 Å². The van der Waals surface area contributed by atoms with Gasteiger partial charge in [-0.3, -0.25) is 4.79 Å². The van der Waals surface area contributed by atoms with Crippen molar-refractivity contribution in [1.82, 2.24) is 15.3 Å². The molecule has 2 saturated carbocycles. The van der Waals surface area contributed by atoms with Crippen molar-refractivity contribution in [2.45, 2.75) is 43.7 Å². The highest BCUT2D eigenvalue weighted by Gasteiger charge is 2.42. The van der Waals surface area contributed by atoms with Crippen molar-refractivity contribution in [2.75, 3.05) is 5.75 Å². The maximum atomic E-state index is 12.3. The molecule has 4 rings (SSSR count). The van der Waals surface area contributed by atoms with E-state index in [1.54, 1.807) is 17.7 Å². The molecule has 0 aliphatic heterocycles. The van der Waals surface area contributed by atoms with Crippen LogP contribution in [0.1, 0.15) is 32.6 Å². The lowest BCUT2D eigenvalue weighted by Gasteiger charge is -2.28. The Hall–Kier alpha value is -1.14. The van der Waals surface area contributed by atoms with Crippen LogP contribution < -0.4 is 5.32 Å². The second-order valence-corrected chi connectivity index (χ2v) is 8.68. The molecule has 1 N–H and O–H groups in total. The summed E-state index contributed by atoms with van der Waals surface area (Å²) >= 11 is 3.14. The second kappa shape index (κ2) is 6.40. The number of hydrogen-bond acceptors (Lipinski definition) is 5. The fraction of sp³-hybridized carbons (Fsp3) is 0.588. The number of rotatable bonds is 5. The van der Waals surface area contributed by atoms with Gasteiger partial charge in [-0.1, -0.05) is 18.2 Å². The van der Waals surface area contributed by atoms with Crippen molar-refractivity contribution < 1.29 is 4.79 Å². The topological polar surface area (TPSA) is 54.9 Å². The van der Waals surface area contributed by atoms with E-state index in [0.717, 1.165) is 27.1 Å². The lowest BCUT2D eigenvalue weighted by atomic mass is 9.84. The van der Waals surface area contributed by atoms with E-state index in [1.165, 1.54) is 37.4 Å². The molecule has 2 aliphatic rings. The van der Waals surface area contributed by atoms with Crippen LogP contribution in [0.5, 0.6) is 0 Å². The fourth-order valence-electron chi connectivity index (χ4n) is 4.31. The van der Waals surface area contributed by atoms with Gasteiger partial charge in [0.1, 0.15) is 11.4 Å². The van der Waals surface area contributed by atoms with E-state index < -0.39 is 0 Å². The van der Waals surface area contributed by atoms with Gasteiger partial charge in [-0.25, -0.2) is 9.97 Å². The molecule has 2 aromatic heterocycles. The summed E-state index contributed by atoms with van der Waals surface area (Å²) in [5.74, 6) is 3.00. The molecule has 2 fully saturated rings. The van der Waals surface area contributed by atoms with Gasteiger partial charge in [0.15, 0.2) is 0 Å². The average Bonchev–Trinajstić information content (AvgIpc) is 3.28. The molecule has 0 saturated heterocycles. The maximum absolute atomic E-state index is 12.3. The van der Waals surface area contributed by atoms with Crippen LogP contribution in [-0.4, -0.2) is 27.7 Å². The average molecular weight is 348 g/mol. The highest BCUT2D eigenvalue weighted by atomic mass is 32.2. The zero-order chi connectivity index (χ0) is 15.8. The zero-order valence-corrected chi connectivity index (χ0v) is 14.8. The first-order valence-electron chi connectivity index (χ1n) is 8.31. The van der Waals surface area contributed by atoms with Crippen molar-refractivity contribution >= 4 is 39.2 Å². The standard InChI is InChI=1S/C17H21N3OS2/c1-10(13-7-11-2-3-12(13)6-11)20-15(21)8-23-17-16-14(4-5-22-16)18-9-19-17/h4-5,9-13H,2-3,6-8H2,1H3,(H,20,21).